The van der Waals surface area contributed by atoms with Crippen LogP contribution >= 0.6 is 23.8 Å². The summed E-state index contributed by atoms with van der Waals surface area (Å²) in [4.78, 5) is 0. The van der Waals surface area contributed by atoms with Gasteiger partial charge in [0.25, 0.3) is 0 Å². The molecule has 2 aromatic heterocycles. The number of hydrogen-bond donors (Lipinski definition) is 2. The summed E-state index contributed by atoms with van der Waals surface area (Å²) < 4.78 is 50.3. The van der Waals surface area contributed by atoms with Gasteiger partial charge in [-0.05, 0) is 43.3 Å². The largest absolute Gasteiger partial charge is 0.410 e. The number of benzene rings is 1. The molecule has 0 fully saturated rings. The lowest BCUT2D eigenvalue weighted by atomic mass is 9.97. The summed E-state index contributed by atoms with van der Waals surface area (Å²) in [6.07, 6.45) is -3.97. The van der Waals surface area contributed by atoms with Gasteiger partial charge in [-0.3, -0.25) is 9.67 Å². The minimum atomic E-state index is -4.47. The van der Waals surface area contributed by atoms with Gasteiger partial charge in [0.2, 0.25) is 0 Å². The summed E-state index contributed by atoms with van der Waals surface area (Å²) in [5.41, 5.74) is 1.03. The SMILES string of the molecule is CCOCCCn1c(-c2cc3n(n2)[C@H](C(F)(F)F)C[C@@H](c2ccc(Cl)cc2)N3)n[nH]c1=S. The van der Waals surface area contributed by atoms with Gasteiger partial charge in [-0.15, -0.1) is 0 Å². The lowest BCUT2D eigenvalue weighted by molar-refractivity contribution is -0.173. The Morgan fingerprint density at radius 2 is 2.03 bits per heavy atom. The van der Waals surface area contributed by atoms with Crippen LogP contribution in [0.3, 0.4) is 0 Å². The number of aromatic amines is 1. The number of aromatic nitrogens is 5. The Balaban J connectivity index is 1.67. The van der Waals surface area contributed by atoms with Crippen LogP contribution in [0.25, 0.3) is 11.5 Å². The van der Waals surface area contributed by atoms with Gasteiger partial charge in [0.1, 0.15) is 11.5 Å². The van der Waals surface area contributed by atoms with Crippen LogP contribution < -0.4 is 5.32 Å². The molecule has 0 saturated heterocycles. The molecule has 3 aromatic rings. The smallest absolute Gasteiger partial charge is 0.382 e. The highest BCUT2D eigenvalue weighted by Gasteiger charge is 2.46. The summed E-state index contributed by atoms with van der Waals surface area (Å²) in [7, 11) is 0. The molecule has 0 spiro atoms. The van der Waals surface area contributed by atoms with Crippen LogP contribution in [0.5, 0.6) is 0 Å². The second-order valence-electron chi connectivity index (χ2n) is 7.46. The first-order valence-corrected chi connectivity index (χ1v) is 11.0. The first-order chi connectivity index (χ1) is 15.3. The Bertz CT molecular complexity index is 1120. The van der Waals surface area contributed by atoms with Crippen molar-refractivity contribution in [2.75, 3.05) is 18.5 Å². The second-order valence-corrected chi connectivity index (χ2v) is 8.28. The number of alkyl halides is 3. The average Bonchev–Trinajstić information content (AvgIpc) is 3.33. The van der Waals surface area contributed by atoms with Crippen molar-refractivity contribution in [2.45, 2.75) is 44.6 Å². The van der Waals surface area contributed by atoms with Crippen molar-refractivity contribution in [1.29, 1.82) is 0 Å². The number of fused-ring (bicyclic) bond motifs is 1. The number of nitrogens with one attached hydrogen (secondary N) is 2. The fraction of sp³-hybridized carbons (Fsp3) is 0.450. The Kier molecular flexibility index (Phi) is 6.59. The third-order valence-corrected chi connectivity index (χ3v) is 5.89. The standard InChI is InChI=1S/C20H22ClF3N6OS/c1-2-31-9-3-8-29-18(26-27-19(29)32)15-11-17-25-14(12-4-6-13(21)7-5-12)10-16(20(22,23)24)30(17)28-15/h4-7,11,14,16,25H,2-3,8-10H2,1H3,(H,27,32)/t14-,16-/m0/s1. The van der Waals surface area contributed by atoms with Gasteiger partial charge in [-0.1, -0.05) is 23.7 Å². The maximum absolute atomic E-state index is 13.9. The van der Waals surface area contributed by atoms with Gasteiger partial charge < -0.3 is 10.1 Å². The molecule has 32 heavy (non-hydrogen) atoms. The number of rotatable bonds is 7. The molecule has 1 aliphatic rings. The molecule has 0 aliphatic carbocycles. The molecule has 1 aliphatic heterocycles. The van der Waals surface area contributed by atoms with Crippen LogP contribution in [-0.4, -0.2) is 43.9 Å². The van der Waals surface area contributed by atoms with Crippen LogP contribution in [-0.2, 0) is 11.3 Å². The van der Waals surface area contributed by atoms with Crippen molar-refractivity contribution >= 4 is 29.6 Å². The van der Waals surface area contributed by atoms with E-state index in [4.69, 9.17) is 28.6 Å². The van der Waals surface area contributed by atoms with Crippen LogP contribution in [0.15, 0.2) is 30.3 Å². The quantitative estimate of drug-likeness (QED) is 0.338. The maximum Gasteiger partial charge on any atom is 0.410 e. The molecule has 0 radical (unpaired) electrons. The van der Waals surface area contributed by atoms with E-state index in [1.165, 1.54) is 0 Å². The van der Waals surface area contributed by atoms with E-state index in [1.54, 1.807) is 34.9 Å². The molecular formula is C20H22ClF3N6OS. The molecule has 0 amide bonds. The molecule has 1 aromatic carbocycles. The number of H-pyrrole nitrogens is 1. The van der Waals surface area contributed by atoms with Crippen molar-refractivity contribution in [2.24, 2.45) is 0 Å². The summed E-state index contributed by atoms with van der Waals surface area (Å²) in [5, 5.41) is 14.9. The minimum Gasteiger partial charge on any atom is -0.382 e. The summed E-state index contributed by atoms with van der Waals surface area (Å²) in [6, 6.07) is 6.04. The van der Waals surface area contributed by atoms with Gasteiger partial charge in [-0.2, -0.15) is 23.4 Å². The van der Waals surface area contributed by atoms with Gasteiger partial charge in [0.15, 0.2) is 16.6 Å². The molecule has 12 heteroatoms. The van der Waals surface area contributed by atoms with Crippen molar-refractivity contribution in [1.82, 2.24) is 24.5 Å². The fourth-order valence-electron chi connectivity index (χ4n) is 3.79. The van der Waals surface area contributed by atoms with E-state index in [-0.39, 0.29) is 12.2 Å². The molecule has 2 N–H and O–H groups in total. The number of ether oxygens (including phenoxy) is 1. The number of halogens is 4. The van der Waals surface area contributed by atoms with E-state index >= 15 is 0 Å². The molecule has 172 valence electrons. The van der Waals surface area contributed by atoms with Crippen LogP contribution in [0.4, 0.5) is 19.0 Å². The monoisotopic (exact) mass is 486 g/mol. The van der Waals surface area contributed by atoms with Gasteiger partial charge in [-0.25, -0.2) is 4.68 Å². The Labute approximate surface area is 192 Å². The van der Waals surface area contributed by atoms with Crippen molar-refractivity contribution in [3.05, 3.63) is 45.7 Å². The Hall–Kier alpha value is -2.37. The van der Waals surface area contributed by atoms with E-state index in [1.807, 2.05) is 6.92 Å². The average molecular weight is 487 g/mol. The highest BCUT2D eigenvalue weighted by Crippen LogP contribution is 2.44. The van der Waals surface area contributed by atoms with E-state index in [2.05, 4.69) is 20.6 Å². The van der Waals surface area contributed by atoms with Crippen LogP contribution in [0.2, 0.25) is 5.02 Å². The molecule has 2 atom stereocenters. The topological polar surface area (TPSA) is 72.7 Å². The highest BCUT2D eigenvalue weighted by molar-refractivity contribution is 7.71. The first-order valence-electron chi connectivity index (χ1n) is 10.2. The lowest BCUT2D eigenvalue weighted by Gasteiger charge is -2.33. The van der Waals surface area contributed by atoms with Gasteiger partial charge >= 0.3 is 6.18 Å². The zero-order valence-corrected chi connectivity index (χ0v) is 18.8. The van der Waals surface area contributed by atoms with Crippen LogP contribution in [0.1, 0.15) is 37.4 Å². The Morgan fingerprint density at radius 3 is 2.72 bits per heavy atom. The van der Waals surface area contributed by atoms with E-state index in [0.29, 0.717) is 47.5 Å². The number of nitrogens with zero attached hydrogens (tertiary/aromatic N) is 4. The summed E-state index contributed by atoms with van der Waals surface area (Å²) in [5.74, 6) is 0.655. The predicted octanol–water partition coefficient (Wildman–Crippen LogP) is 5.54. The van der Waals surface area contributed by atoms with Gasteiger partial charge in [0.05, 0.1) is 6.04 Å². The third kappa shape index (κ3) is 4.69. The van der Waals surface area contributed by atoms with E-state index in [9.17, 15) is 13.2 Å². The molecule has 0 saturated carbocycles. The number of hydrogen-bond acceptors (Lipinski definition) is 5. The van der Waals surface area contributed by atoms with E-state index < -0.39 is 18.3 Å². The molecule has 3 heterocycles. The zero-order valence-electron chi connectivity index (χ0n) is 17.2. The molecule has 4 rings (SSSR count). The Morgan fingerprint density at radius 1 is 1.28 bits per heavy atom. The zero-order chi connectivity index (χ0) is 22.9. The molecule has 7 nitrogen and oxygen atoms in total. The van der Waals surface area contributed by atoms with E-state index in [0.717, 1.165) is 10.2 Å². The molecule has 0 bridgehead atoms. The first kappa shape index (κ1) is 22.8. The minimum absolute atomic E-state index is 0.194. The molecular weight excluding hydrogens is 465 g/mol. The lowest BCUT2D eigenvalue weighted by Crippen LogP contribution is -2.35. The number of anilines is 1. The summed E-state index contributed by atoms with van der Waals surface area (Å²) >= 11 is 11.2. The fourth-order valence-corrected chi connectivity index (χ4v) is 4.14. The normalized spacial score (nSPS) is 18.4. The second kappa shape index (κ2) is 9.24. The highest BCUT2D eigenvalue weighted by atomic mass is 35.5. The van der Waals surface area contributed by atoms with Crippen molar-refractivity contribution < 1.29 is 17.9 Å². The summed E-state index contributed by atoms with van der Waals surface area (Å²) in [6.45, 7) is 3.57. The van der Waals surface area contributed by atoms with Gasteiger partial charge in [0, 0.05) is 37.3 Å². The predicted molar refractivity (Wildman–Crippen MR) is 117 cm³/mol. The third-order valence-electron chi connectivity index (χ3n) is 5.32. The van der Waals surface area contributed by atoms with Crippen molar-refractivity contribution in [3.8, 4) is 11.5 Å². The van der Waals surface area contributed by atoms with Crippen molar-refractivity contribution in [3.63, 3.8) is 0 Å². The van der Waals surface area contributed by atoms with Crippen LogP contribution in [0, 0.1) is 4.77 Å². The molecule has 0 unspecified atom stereocenters. The maximum atomic E-state index is 13.9.